The molecule has 11 heavy (non-hydrogen) atoms. The molecule has 2 unspecified atom stereocenters. The van der Waals surface area contributed by atoms with Crippen LogP contribution in [0.1, 0.15) is 13.8 Å². The Morgan fingerprint density at radius 3 is 2.55 bits per heavy atom. The van der Waals surface area contributed by atoms with Gasteiger partial charge in [-0.15, -0.1) is 0 Å². The van der Waals surface area contributed by atoms with Gasteiger partial charge in [0.1, 0.15) is 12.1 Å². The molecule has 1 N–H and O–H groups in total. The van der Waals surface area contributed by atoms with Gasteiger partial charge in [-0.1, -0.05) is 0 Å². The van der Waals surface area contributed by atoms with Gasteiger partial charge in [0.25, 0.3) is 0 Å². The van der Waals surface area contributed by atoms with Crippen LogP contribution in [0.5, 0.6) is 0 Å². The Morgan fingerprint density at radius 1 is 1.64 bits per heavy atom. The first-order valence-electron chi connectivity index (χ1n) is 3.34. The third kappa shape index (κ3) is 3.58. The average molecular weight is 156 g/mol. The predicted molar refractivity (Wildman–Crippen MR) is 39.7 cm³/mol. The number of nitriles is 1. The van der Waals surface area contributed by atoms with Crippen molar-refractivity contribution in [3.63, 3.8) is 0 Å². The van der Waals surface area contributed by atoms with Crippen LogP contribution in [0.15, 0.2) is 0 Å². The molecule has 0 radical (unpaired) electrons. The summed E-state index contributed by atoms with van der Waals surface area (Å²) >= 11 is 0. The Kier molecular flexibility index (Phi) is 4.23. The maximum absolute atomic E-state index is 11.0. The normalized spacial score (nSPS) is 14.7. The smallest absolute Gasteiger partial charge is 0.249 e. The van der Waals surface area contributed by atoms with Crippen LogP contribution in [-0.2, 0) is 9.53 Å². The molecular formula is C7H12N2O2. The topological polar surface area (TPSA) is 62.1 Å². The Hall–Kier alpha value is -1.08. The van der Waals surface area contributed by atoms with Crippen molar-refractivity contribution in [3.8, 4) is 6.07 Å². The molecule has 4 nitrogen and oxygen atoms in total. The number of ether oxygens (including phenoxy) is 1. The number of hydrogen-bond donors (Lipinski definition) is 1. The second-order valence-corrected chi connectivity index (χ2v) is 2.24. The zero-order valence-electron chi connectivity index (χ0n) is 6.92. The van der Waals surface area contributed by atoms with Crippen molar-refractivity contribution < 1.29 is 9.53 Å². The minimum atomic E-state index is -0.495. The van der Waals surface area contributed by atoms with Crippen LogP contribution in [0, 0.1) is 11.3 Å². The fraction of sp³-hybridized carbons (Fsp3) is 0.714. The van der Waals surface area contributed by atoms with Gasteiger partial charge in [-0.25, -0.2) is 0 Å². The molecule has 0 rings (SSSR count). The quantitative estimate of drug-likeness (QED) is 0.628. The van der Waals surface area contributed by atoms with E-state index in [2.05, 4.69) is 5.32 Å². The third-order valence-corrected chi connectivity index (χ3v) is 1.28. The van der Waals surface area contributed by atoms with Crippen molar-refractivity contribution in [1.82, 2.24) is 5.32 Å². The van der Waals surface area contributed by atoms with E-state index in [1.54, 1.807) is 13.8 Å². The van der Waals surface area contributed by atoms with E-state index in [9.17, 15) is 4.79 Å². The van der Waals surface area contributed by atoms with E-state index in [1.807, 2.05) is 6.07 Å². The second kappa shape index (κ2) is 4.69. The molecule has 0 aromatic heterocycles. The highest BCUT2D eigenvalue weighted by Crippen LogP contribution is 1.88. The standard InChI is InChI=1S/C7H12N2O2/c1-5(4-8)9-7(10)6(2)11-3/h5-6H,1-3H3,(H,9,10). The zero-order valence-corrected chi connectivity index (χ0v) is 6.92. The van der Waals surface area contributed by atoms with Gasteiger partial charge in [0.15, 0.2) is 0 Å². The summed E-state index contributed by atoms with van der Waals surface area (Å²) in [6.45, 7) is 3.24. The number of nitrogens with zero attached hydrogens (tertiary/aromatic N) is 1. The number of nitrogens with one attached hydrogen (secondary N) is 1. The van der Waals surface area contributed by atoms with Crippen LogP contribution in [0.3, 0.4) is 0 Å². The lowest BCUT2D eigenvalue weighted by molar-refractivity contribution is -0.130. The Bertz CT molecular complexity index is 174. The average Bonchev–Trinajstić information content (AvgIpc) is 2.02. The van der Waals surface area contributed by atoms with E-state index >= 15 is 0 Å². The van der Waals surface area contributed by atoms with Crippen LogP contribution in [0.2, 0.25) is 0 Å². The van der Waals surface area contributed by atoms with Crippen LogP contribution in [0.25, 0.3) is 0 Å². The fourth-order valence-corrected chi connectivity index (χ4v) is 0.470. The van der Waals surface area contributed by atoms with Crippen molar-refractivity contribution in [2.24, 2.45) is 0 Å². The van der Waals surface area contributed by atoms with E-state index < -0.39 is 12.1 Å². The first kappa shape index (κ1) is 9.92. The van der Waals surface area contributed by atoms with Gasteiger partial charge in [0, 0.05) is 7.11 Å². The van der Waals surface area contributed by atoms with Crippen LogP contribution in [0.4, 0.5) is 0 Å². The number of amides is 1. The lowest BCUT2D eigenvalue weighted by Crippen LogP contribution is -2.38. The zero-order chi connectivity index (χ0) is 8.85. The first-order valence-corrected chi connectivity index (χ1v) is 3.34. The Morgan fingerprint density at radius 2 is 2.18 bits per heavy atom. The maximum atomic E-state index is 11.0. The number of rotatable bonds is 3. The summed E-state index contributed by atoms with van der Waals surface area (Å²) in [7, 11) is 1.45. The highest BCUT2D eigenvalue weighted by molar-refractivity contribution is 5.80. The number of methoxy groups -OCH3 is 1. The Labute approximate surface area is 66.1 Å². The summed E-state index contributed by atoms with van der Waals surface area (Å²) in [6, 6.07) is 1.43. The van der Waals surface area contributed by atoms with E-state index in [-0.39, 0.29) is 5.91 Å². The monoisotopic (exact) mass is 156 g/mol. The van der Waals surface area contributed by atoms with E-state index in [0.717, 1.165) is 0 Å². The highest BCUT2D eigenvalue weighted by Gasteiger charge is 2.12. The molecule has 0 aliphatic heterocycles. The number of carbonyl (C=O) groups is 1. The summed E-state index contributed by atoms with van der Waals surface area (Å²) in [5, 5.41) is 10.8. The molecule has 0 saturated heterocycles. The molecule has 0 spiro atoms. The summed E-state index contributed by atoms with van der Waals surface area (Å²) < 4.78 is 4.74. The van der Waals surface area contributed by atoms with Crippen molar-refractivity contribution >= 4 is 5.91 Å². The number of hydrogen-bond acceptors (Lipinski definition) is 3. The molecule has 0 aromatic carbocycles. The van der Waals surface area contributed by atoms with Crippen LogP contribution in [-0.4, -0.2) is 25.2 Å². The van der Waals surface area contributed by atoms with E-state index in [4.69, 9.17) is 10.00 Å². The Balaban J connectivity index is 3.80. The first-order chi connectivity index (χ1) is 5.11. The molecular weight excluding hydrogens is 144 g/mol. The van der Waals surface area contributed by atoms with Gasteiger partial charge in [0.2, 0.25) is 5.91 Å². The largest absolute Gasteiger partial charge is 0.372 e. The van der Waals surface area contributed by atoms with Crippen molar-refractivity contribution in [2.75, 3.05) is 7.11 Å². The minimum absolute atomic E-state index is 0.262. The van der Waals surface area contributed by atoms with Gasteiger partial charge in [-0.2, -0.15) is 5.26 Å². The molecule has 0 bridgehead atoms. The van der Waals surface area contributed by atoms with Crippen molar-refractivity contribution in [1.29, 1.82) is 5.26 Å². The molecule has 0 fully saturated rings. The summed E-state index contributed by atoms with van der Waals surface area (Å²) in [4.78, 5) is 11.0. The lowest BCUT2D eigenvalue weighted by atomic mass is 10.3. The molecule has 0 saturated carbocycles. The molecule has 0 aromatic rings. The minimum Gasteiger partial charge on any atom is -0.372 e. The summed E-state index contributed by atoms with van der Waals surface area (Å²) in [6.07, 6.45) is -0.495. The molecule has 0 aliphatic carbocycles. The predicted octanol–water partition coefficient (Wildman–Crippen LogP) is 0.0496. The molecule has 2 atom stereocenters. The maximum Gasteiger partial charge on any atom is 0.249 e. The van der Waals surface area contributed by atoms with Crippen molar-refractivity contribution in [2.45, 2.75) is 26.0 Å². The molecule has 1 amide bonds. The summed E-state index contributed by atoms with van der Waals surface area (Å²) in [5.41, 5.74) is 0. The van der Waals surface area contributed by atoms with Crippen LogP contribution < -0.4 is 5.32 Å². The molecule has 4 heteroatoms. The lowest BCUT2D eigenvalue weighted by Gasteiger charge is -2.10. The van der Waals surface area contributed by atoms with Crippen LogP contribution >= 0.6 is 0 Å². The van der Waals surface area contributed by atoms with Gasteiger partial charge in [-0.3, -0.25) is 4.79 Å². The summed E-state index contributed by atoms with van der Waals surface area (Å²) in [5.74, 6) is -0.262. The molecule has 62 valence electrons. The molecule has 0 heterocycles. The number of carbonyl (C=O) groups excluding carboxylic acids is 1. The molecule has 0 aliphatic rings. The fourth-order valence-electron chi connectivity index (χ4n) is 0.470. The SMILES string of the molecule is COC(C)C(=O)NC(C)C#N. The van der Waals surface area contributed by atoms with E-state index in [0.29, 0.717) is 0 Å². The van der Waals surface area contributed by atoms with Gasteiger partial charge in [-0.05, 0) is 13.8 Å². The van der Waals surface area contributed by atoms with E-state index in [1.165, 1.54) is 7.11 Å². The highest BCUT2D eigenvalue weighted by atomic mass is 16.5. The van der Waals surface area contributed by atoms with Gasteiger partial charge >= 0.3 is 0 Å². The third-order valence-electron chi connectivity index (χ3n) is 1.28. The second-order valence-electron chi connectivity index (χ2n) is 2.24. The van der Waals surface area contributed by atoms with Gasteiger partial charge < -0.3 is 10.1 Å². The van der Waals surface area contributed by atoms with Gasteiger partial charge in [0.05, 0.1) is 6.07 Å². The van der Waals surface area contributed by atoms with Crippen molar-refractivity contribution in [3.05, 3.63) is 0 Å².